The first kappa shape index (κ1) is 18.7. The zero-order valence-electron chi connectivity index (χ0n) is 14.4. The number of aromatic nitrogens is 4. The van der Waals surface area contributed by atoms with Gasteiger partial charge in [-0.25, -0.2) is 23.4 Å². The smallest absolute Gasteiger partial charge is 0.176 e. The van der Waals surface area contributed by atoms with E-state index in [0.717, 1.165) is 48.9 Å². The quantitative estimate of drug-likeness (QED) is 0.699. The molecule has 1 aliphatic rings. The largest absolute Gasteiger partial charge is 0.298 e. The Bertz CT molecular complexity index is 914. The highest BCUT2D eigenvalue weighted by molar-refractivity contribution is 5.85. The monoisotopic (exact) mass is 379 g/mol. The normalized spacial score (nSPS) is 18.0. The van der Waals surface area contributed by atoms with Gasteiger partial charge < -0.3 is 0 Å². The molecule has 26 heavy (non-hydrogen) atoms. The van der Waals surface area contributed by atoms with Crippen molar-refractivity contribution in [2.45, 2.75) is 25.3 Å². The summed E-state index contributed by atoms with van der Waals surface area (Å²) in [4.78, 5) is 10.9. The third-order valence-electron chi connectivity index (χ3n) is 4.78. The molecule has 0 spiro atoms. The van der Waals surface area contributed by atoms with E-state index in [1.54, 1.807) is 17.1 Å². The van der Waals surface area contributed by atoms with Crippen LogP contribution in [-0.4, -0.2) is 37.7 Å². The number of halogens is 3. The van der Waals surface area contributed by atoms with E-state index < -0.39 is 5.82 Å². The van der Waals surface area contributed by atoms with Gasteiger partial charge in [-0.05, 0) is 37.6 Å². The molecule has 1 unspecified atom stereocenters. The first-order valence-corrected chi connectivity index (χ1v) is 8.41. The number of hydrogen-bond acceptors (Lipinski definition) is 4. The third kappa shape index (κ3) is 3.54. The second-order valence-electron chi connectivity index (χ2n) is 6.55. The number of aryl methyl sites for hydroxylation is 1. The molecular formula is C18H20ClF2N5. The summed E-state index contributed by atoms with van der Waals surface area (Å²) < 4.78 is 29.1. The lowest BCUT2D eigenvalue weighted by molar-refractivity contribution is 0.196. The fourth-order valence-corrected chi connectivity index (χ4v) is 3.61. The van der Waals surface area contributed by atoms with Crippen molar-refractivity contribution in [1.29, 1.82) is 0 Å². The lowest BCUT2D eigenvalue weighted by atomic mass is 9.94. The van der Waals surface area contributed by atoms with Gasteiger partial charge in [0.1, 0.15) is 17.2 Å². The number of fused-ring (bicyclic) bond motifs is 1. The molecule has 0 amide bonds. The Morgan fingerprint density at radius 1 is 1.19 bits per heavy atom. The summed E-state index contributed by atoms with van der Waals surface area (Å²) in [6, 6.07) is 3.62. The number of benzene rings is 1. The molecule has 2 aromatic heterocycles. The summed E-state index contributed by atoms with van der Waals surface area (Å²) >= 11 is 0. The topological polar surface area (TPSA) is 46.8 Å². The Kier molecular flexibility index (Phi) is 5.48. The Hall–Kier alpha value is -2.12. The standard InChI is InChI=1S/C18H19F2N5.ClH/c1-24-18-17(21-6-7-22-18)16(23-24)12-3-2-8-25(10-12)11-13-9-14(19)4-5-15(13)20;/h4-7,9,12H,2-3,8,10-11H2,1H3;1H. The molecule has 0 saturated carbocycles. The number of nitrogens with zero attached hydrogens (tertiary/aromatic N) is 5. The van der Waals surface area contributed by atoms with Crippen molar-refractivity contribution in [2.24, 2.45) is 7.05 Å². The molecule has 4 rings (SSSR count). The molecule has 0 bridgehead atoms. The Morgan fingerprint density at radius 3 is 2.85 bits per heavy atom. The van der Waals surface area contributed by atoms with Gasteiger partial charge in [0.25, 0.3) is 0 Å². The van der Waals surface area contributed by atoms with Gasteiger partial charge in [0.2, 0.25) is 0 Å². The minimum absolute atomic E-state index is 0. The minimum Gasteiger partial charge on any atom is -0.298 e. The van der Waals surface area contributed by atoms with Crippen molar-refractivity contribution in [1.82, 2.24) is 24.6 Å². The van der Waals surface area contributed by atoms with Crippen LogP contribution in [0.25, 0.3) is 11.2 Å². The molecule has 1 aliphatic heterocycles. The van der Waals surface area contributed by atoms with Crippen LogP contribution in [-0.2, 0) is 13.6 Å². The number of likely N-dealkylation sites (tertiary alicyclic amines) is 1. The molecule has 1 fully saturated rings. The van der Waals surface area contributed by atoms with Gasteiger partial charge in [-0.3, -0.25) is 4.90 Å². The zero-order valence-corrected chi connectivity index (χ0v) is 15.2. The lowest BCUT2D eigenvalue weighted by Crippen LogP contribution is -2.34. The van der Waals surface area contributed by atoms with Crippen LogP contribution in [0, 0.1) is 11.6 Å². The molecule has 138 valence electrons. The maximum absolute atomic E-state index is 13.9. The van der Waals surface area contributed by atoms with Crippen molar-refractivity contribution >= 4 is 23.6 Å². The highest BCUT2D eigenvalue weighted by Gasteiger charge is 2.27. The summed E-state index contributed by atoms with van der Waals surface area (Å²) in [5.41, 5.74) is 2.93. The van der Waals surface area contributed by atoms with E-state index >= 15 is 0 Å². The van der Waals surface area contributed by atoms with Crippen LogP contribution in [0.15, 0.2) is 30.6 Å². The Labute approximate surface area is 156 Å². The lowest BCUT2D eigenvalue weighted by Gasteiger charge is -2.32. The van der Waals surface area contributed by atoms with E-state index in [2.05, 4.69) is 20.0 Å². The van der Waals surface area contributed by atoms with Gasteiger partial charge in [0, 0.05) is 44.0 Å². The summed E-state index contributed by atoms with van der Waals surface area (Å²) in [6.45, 7) is 2.01. The van der Waals surface area contributed by atoms with Gasteiger partial charge in [0.05, 0.1) is 5.69 Å². The van der Waals surface area contributed by atoms with Gasteiger partial charge >= 0.3 is 0 Å². The van der Waals surface area contributed by atoms with Gasteiger partial charge in [-0.1, -0.05) is 0 Å². The average Bonchev–Trinajstić information content (AvgIpc) is 2.96. The molecule has 5 nitrogen and oxygen atoms in total. The molecule has 0 radical (unpaired) electrons. The molecule has 1 saturated heterocycles. The van der Waals surface area contributed by atoms with Gasteiger partial charge in [0.15, 0.2) is 5.65 Å². The van der Waals surface area contributed by atoms with Crippen molar-refractivity contribution in [2.75, 3.05) is 13.1 Å². The first-order valence-electron chi connectivity index (χ1n) is 8.41. The second-order valence-corrected chi connectivity index (χ2v) is 6.55. The van der Waals surface area contributed by atoms with Crippen LogP contribution < -0.4 is 0 Å². The highest BCUT2D eigenvalue weighted by atomic mass is 35.5. The van der Waals surface area contributed by atoms with Crippen molar-refractivity contribution in [3.8, 4) is 0 Å². The van der Waals surface area contributed by atoms with E-state index in [1.165, 1.54) is 12.1 Å². The van der Waals surface area contributed by atoms with E-state index in [0.29, 0.717) is 12.1 Å². The number of rotatable bonds is 3. The van der Waals surface area contributed by atoms with Crippen LogP contribution in [0.5, 0.6) is 0 Å². The van der Waals surface area contributed by atoms with Crippen molar-refractivity contribution in [3.63, 3.8) is 0 Å². The number of hydrogen-bond donors (Lipinski definition) is 0. The molecule has 0 aliphatic carbocycles. The van der Waals surface area contributed by atoms with Crippen LogP contribution in [0.3, 0.4) is 0 Å². The van der Waals surface area contributed by atoms with E-state index in [4.69, 9.17) is 0 Å². The second kappa shape index (κ2) is 7.63. The van der Waals surface area contributed by atoms with Crippen molar-refractivity contribution in [3.05, 3.63) is 53.5 Å². The summed E-state index contributed by atoms with van der Waals surface area (Å²) in [5.74, 6) is -0.556. The first-order chi connectivity index (χ1) is 12.1. The Morgan fingerprint density at radius 2 is 2.00 bits per heavy atom. The van der Waals surface area contributed by atoms with Crippen LogP contribution in [0.1, 0.15) is 30.0 Å². The molecule has 3 aromatic rings. The van der Waals surface area contributed by atoms with E-state index in [-0.39, 0.29) is 24.1 Å². The Balaban J connectivity index is 0.00000196. The third-order valence-corrected chi connectivity index (χ3v) is 4.78. The van der Waals surface area contributed by atoms with Crippen LogP contribution in [0.2, 0.25) is 0 Å². The van der Waals surface area contributed by atoms with Gasteiger partial charge in [-0.15, -0.1) is 12.4 Å². The number of piperidine rings is 1. The fraction of sp³-hybridized carbons (Fsp3) is 0.389. The van der Waals surface area contributed by atoms with Crippen LogP contribution >= 0.6 is 12.4 Å². The molecular weight excluding hydrogens is 360 g/mol. The minimum atomic E-state index is -0.407. The molecule has 0 N–H and O–H groups in total. The molecule has 3 heterocycles. The maximum atomic E-state index is 13.9. The summed E-state index contributed by atoms with van der Waals surface area (Å²) in [7, 11) is 1.86. The summed E-state index contributed by atoms with van der Waals surface area (Å²) in [5, 5.41) is 4.62. The van der Waals surface area contributed by atoms with E-state index in [9.17, 15) is 8.78 Å². The van der Waals surface area contributed by atoms with Crippen molar-refractivity contribution < 1.29 is 8.78 Å². The van der Waals surface area contributed by atoms with Crippen LogP contribution in [0.4, 0.5) is 8.78 Å². The predicted octanol–water partition coefficient (Wildman–Crippen LogP) is 3.44. The van der Waals surface area contributed by atoms with E-state index in [1.807, 2.05) is 7.05 Å². The zero-order chi connectivity index (χ0) is 17.4. The predicted molar refractivity (Wildman–Crippen MR) is 97.2 cm³/mol. The van der Waals surface area contributed by atoms with Gasteiger partial charge in [-0.2, -0.15) is 5.10 Å². The fourth-order valence-electron chi connectivity index (χ4n) is 3.61. The summed E-state index contributed by atoms with van der Waals surface area (Å²) in [6.07, 6.45) is 5.33. The highest BCUT2D eigenvalue weighted by Crippen LogP contribution is 2.30. The molecule has 1 atom stereocenters. The molecule has 1 aromatic carbocycles. The maximum Gasteiger partial charge on any atom is 0.176 e. The average molecular weight is 380 g/mol. The SMILES string of the molecule is Cl.Cn1nc(C2CCCN(Cc3cc(F)ccc3F)C2)c2nccnc21. The molecule has 8 heteroatoms.